The largest absolute Gasteiger partial charge is 0.444 e. The van der Waals surface area contributed by atoms with Gasteiger partial charge in [-0.05, 0) is 62.9 Å². The summed E-state index contributed by atoms with van der Waals surface area (Å²) in [6.45, 7) is 8.41. The third kappa shape index (κ3) is 6.05. The summed E-state index contributed by atoms with van der Waals surface area (Å²) in [6.07, 6.45) is -0.720. The second-order valence-corrected chi connectivity index (χ2v) is 10.2. The fourth-order valence-corrected chi connectivity index (χ4v) is 4.93. The zero-order valence-electron chi connectivity index (χ0n) is 21.3. The number of rotatable bonds is 5. The quantitative estimate of drug-likeness (QED) is 0.662. The summed E-state index contributed by atoms with van der Waals surface area (Å²) < 4.78 is 30.9. The Bertz CT molecular complexity index is 1070. The molecule has 7 nitrogen and oxygen atoms in total. The first kappa shape index (κ1) is 26.1. The van der Waals surface area contributed by atoms with Gasteiger partial charge in [-0.2, -0.15) is 0 Å². The van der Waals surface area contributed by atoms with E-state index in [4.69, 9.17) is 14.2 Å². The highest BCUT2D eigenvalue weighted by molar-refractivity contribution is 5.82. The molecule has 0 radical (unpaired) electrons. The molecule has 0 aliphatic carbocycles. The molecule has 0 bridgehead atoms. The number of carbonyl (C=O) groups excluding carboxylic acids is 2. The van der Waals surface area contributed by atoms with Crippen molar-refractivity contribution < 1.29 is 28.2 Å². The second-order valence-electron chi connectivity index (χ2n) is 10.2. The number of carbonyl (C=O) groups is 2. The Hall–Kier alpha value is -2.97. The number of amides is 2. The molecule has 2 aromatic rings. The maximum absolute atomic E-state index is 13.9. The number of benzene rings is 2. The molecule has 4 rings (SSSR count). The van der Waals surface area contributed by atoms with Gasteiger partial charge in [0.2, 0.25) is 0 Å². The van der Waals surface area contributed by atoms with Crippen molar-refractivity contribution in [3.05, 3.63) is 71.0 Å². The fraction of sp³-hybridized carbons (Fsp3) is 0.500. The van der Waals surface area contributed by atoms with Crippen LogP contribution in [-0.2, 0) is 25.4 Å². The van der Waals surface area contributed by atoms with E-state index in [0.717, 1.165) is 11.1 Å². The number of ether oxygens (including phenoxy) is 3. The van der Waals surface area contributed by atoms with E-state index < -0.39 is 23.8 Å². The minimum absolute atomic E-state index is 0.162. The number of nitrogens with one attached hydrogen (secondary N) is 1. The summed E-state index contributed by atoms with van der Waals surface area (Å²) in [6, 6.07) is 13.5. The van der Waals surface area contributed by atoms with Crippen LogP contribution >= 0.6 is 0 Å². The van der Waals surface area contributed by atoms with Gasteiger partial charge in [0.05, 0.1) is 18.7 Å². The van der Waals surface area contributed by atoms with Gasteiger partial charge in [-0.3, -0.25) is 4.79 Å². The van der Waals surface area contributed by atoms with E-state index in [-0.39, 0.29) is 36.9 Å². The first-order valence-electron chi connectivity index (χ1n) is 12.5. The predicted octanol–water partition coefficient (Wildman–Crippen LogP) is 4.39. The molecule has 0 aromatic heterocycles. The molecule has 2 heterocycles. The highest BCUT2D eigenvalue weighted by atomic mass is 19.1. The van der Waals surface area contributed by atoms with Gasteiger partial charge in [-0.1, -0.05) is 36.4 Å². The third-order valence-electron chi connectivity index (χ3n) is 6.49. The molecule has 0 spiro atoms. The van der Waals surface area contributed by atoms with E-state index in [1.165, 1.54) is 17.7 Å². The van der Waals surface area contributed by atoms with E-state index in [0.29, 0.717) is 19.6 Å². The fourth-order valence-electron chi connectivity index (χ4n) is 4.93. The predicted molar refractivity (Wildman–Crippen MR) is 133 cm³/mol. The molecule has 0 saturated carbocycles. The Morgan fingerprint density at radius 2 is 1.86 bits per heavy atom. The number of hydrogen-bond acceptors (Lipinski definition) is 5. The number of alkyl carbamates (subject to hydrolysis) is 1. The van der Waals surface area contributed by atoms with Crippen LogP contribution in [-0.4, -0.2) is 60.5 Å². The SMILES string of the molecule is CCO[C@@H]1CO[C@@H](C(=O)N2CCc3ccccc3[C@@H]2c2ccc(F)cc2)C[C@@H]1NC(=O)OC(C)(C)C. The highest BCUT2D eigenvalue weighted by Gasteiger charge is 2.41. The summed E-state index contributed by atoms with van der Waals surface area (Å²) in [5.74, 6) is -0.487. The van der Waals surface area contributed by atoms with Gasteiger partial charge in [-0.15, -0.1) is 0 Å². The summed E-state index contributed by atoms with van der Waals surface area (Å²) in [5, 5.41) is 2.88. The van der Waals surface area contributed by atoms with Gasteiger partial charge >= 0.3 is 6.09 Å². The molecule has 36 heavy (non-hydrogen) atoms. The molecule has 2 aromatic carbocycles. The Morgan fingerprint density at radius 3 is 2.56 bits per heavy atom. The van der Waals surface area contributed by atoms with Gasteiger partial charge in [0.15, 0.2) is 0 Å². The van der Waals surface area contributed by atoms with Crippen molar-refractivity contribution >= 4 is 12.0 Å². The average Bonchev–Trinajstić information content (AvgIpc) is 2.83. The summed E-state index contributed by atoms with van der Waals surface area (Å²) in [7, 11) is 0. The van der Waals surface area contributed by atoms with Crippen LogP contribution in [0.15, 0.2) is 48.5 Å². The monoisotopic (exact) mass is 498 g/mol. The molecule has 4 atom stereocenters. The van der Waals surface area contributed by atoms with Crippen molar-refractivity contribution in [2.24, 2.45) is 0 Å². The van der Waals surface area contributed by atoms with Gasteiger partial charge in [0.1, 0.15) is 23.6 Å². The van der Waals surface area contributed by atoms with Crippen molar-refractivity contribution in [1.82, 2.24) is 10.2 Å². The van der Waals surface area contributed by atoms with Crippen LogP contribution in [0.3, 0.4) is 0 Å². The Kier molecular flexibility index (Phi) is 7.95. The van der Waals surface area contributed by atoms with Crippen molar-refractivity contribution in [1.29, 1.82) is 0 Å². The van der Waals surface area contributed by atoms with Gasteiger partial charge < -0.3 is 24.4 Å². The van der Waals surface area contributed by atoms with Crippen LogP contribution in [0.2, 0.25) is 0 Å². The summed E-state index contributed by atoms with van der Waals surface area (Å²) in [5.41, 5.74) is 2.38. The van der Waals surface area contributed by atoms with E-state index in [2.05, 4.69) is 11.4 Å². The van der Waals surface area contributed by atoms with Crippen molar-refractivity contribution in [3.8, 4) is 0 Å². The van der Waals surface area contributed by atoms with Crippen molar-refractivity contribution in [2.75, 3.05) is 19.8 Å². The van der Waals surface area contributed by atoms with E-state index >= 15 is 0 Å². The molecular weight excluding hydrogens is 463 g/mol. The first-order valence-corrected chi connectivity index (χ1v) is 12.5. The van der Waals surface area contributed by atoms with Gasteiger partial charge in [0, 0.05) is 19.6 Å². The highest BCUT2D eigenvalue weighted by Crippen LogP contribution is 2.36. The van der Waals surface area contributed by atoms with Crippen molar-refractivity contribution in [3.63, 3.8) is 0 Å². The van der Waals surface area contributed by atoms with Crippen LogP contribution < -0.4 is 5.32 Å². The third-order valence-corrected chi connectivity index (χ3v) is 6.49. The normalized spacial score (nSPS) is 24.1. The van der Waals surface area contributed by atoms with Crippen LogP contribution in [0.1, 0.15) is 56.8 Å². The summed E-state index contributed by atoms with van der Waals surface area (Å²) in [4.78, 5) is 28.2. The zero-order valence-corrected chi connectivity index (χ0v) is 21.3. The van der Waals surface area contributed by atoms with Crippen LogP contribution in [0.25, 0.3) is 0 Å². The minimum atomic E-state index is -0.755. The first-order chi connectivity index (χ1) is 17.2. The Labute approximate surface area is 211 Å². The van der Waals surface area contributed by atoms with Crippen LogP contribution in [0.4, 0.5) is 9.18 Å². The molecule has 8 heteroatoms. The zero-order chi connectivity index (χ0) is 25.9. The average molecular weight is 499 g/mol. The molecule has 1 fully saturated rings. The molecular formula is C28H35FN2O5. The number of nitrogens with zero attached hydrogens (tertiary/aromatic N) is 1. The maximum Gasteiger partial charge on any atom is 0.407 e. The Balaban J connectivity index is 1.57. The minimum Gasteiger partial charge on any atom is -0.444 e. The molecule has 1 saturated heterocycles. The molecule has 2 amide bonds. The second kappa shape index (κ2) is 11.0. The maximum atomic E-state index is 13.9. The topological polar surface area (TPSA) is 77.1 Å². The molecule has 1 N–H and O–H groups in total. The van der Waals surface area contributed by atoms with E-state index in [1.54, 1.807) is 32.9 Å². The standard InChI is InChI=1S/C28H35FN2O5/c1-5-34-24-17-35-23(16-22(24)30-27(33)36-28(2,3)4)26(32)31-15-14-18-8-6-7-9-21(18)25(31)19-10-12-20(29)13-11-19/h6-13,22-25H,5,14-17H2,1-4H3,(H,30,33)/t22-,23+,24+,25-/m0/s1. The van der Waals surface area contributed by atoms with E-state index in [1.807, 2.05) is 30.0 Å². The molecule has 2 aliphatic heterocycles. The smallest absolute Gasteiger partial charge is 0.407 e. The van der Waals surface area contributed by atoms with Gasteiger partial charge in [0.25, 0.3) is 5.91 Å². The number of hydrogen-bond donors (Lipinski definition) is 1. The Morgan fingerprint density at radius 1 is 1.14 bits per heavy atom. The summed E-state index contributed by atoms with van der Waals surface area (Å²) >= 11 is 0. The molecule has 2 aliphatic rings. The lowest BCUT2D eigenvalue weighted by Crippen LogP contribution is -2.57. The van der Waals surface area contributed by atoms with Crippen LogP contribution in [0, 0.1) is 5.82 Å². The van der Waals surface area contributed by atoms with Crippen LogP contribution in [0.5, 0.6) is 0 Å². The number of halogens is 1. The number of fused-ring (bicyclic) bond motifs is 1. The lowest BCUT2D eigenvalue weighted by atomic mass is 9.87. The lowest BCUT2D eigenvalue weighted by Gasteiger charge is -2.42. The van der Waals surface area contributed by atoms with Gasteiger partial charge in [-0.25, -0.2) is 9.18 Å². The van der Waals surface area contributed by atoms with Crippen molar-refractivity contribution in [2.45, 2.75) is 70.4 Å². The molecule has 194 valence electrons. The molecule has 0 unspecified atom stereocenters. The lowest BCUT2D eigenvalue weighted by molar-refractivity contribution is -0.158. The van der Waals surface area contributed by atoms with E-state index in [9.17, 15) is 14.0 Å².